The highest BCUT2D eigenvalue weighted by atomic mass is 14.1. The molecule has 0 aliphatic carbocycles. The van der Waals surface area contributed by atoms with Crippen LogP contribution in [0, 0.1) is 11.8 Å². The van der Waals surface area contributed by atoms with Crippen LogP contribution in [0.4, 0.5) is 0 Å². The van der Waals surface area contributed by atoms with Gasteiger partial charge in [-0.05, 0) is 18.3 Å². The van der Waals surface area contributed by atoms with E-state index in [0.717, 1.165) is 0 Å². The largest absolute Gasteiger partial charge is 0.0993 e. The van der Waals surface area contributed by atoms with Crippen LogP contribution in [0.15, 0.2) is 12.2 Å². The molecule has 0 nitrogen and oxygen atoms in total. The summed E-state index contributed by atoms with van der Waals surface area (Å²) in [5.74, 6) is 1.37. The van der Waals surface area contributed by atoms with Crippen LogP contribution < -0.4 is 0 Å². The Morgan fingerprint density at radius 2 is 1.80 bits per heavy atom. The summed E-state index contributed by atoms with van der Waals surface area (Å²) in [5.41, 5.74) is 1.40. The third-order valence-electron chi connectivity index (χ3n) is 2.10. The van der Waals surface area contributed by atoms with Crippen molar-refractivity contribution in [2.45, 2.75) is 40.5 Å². The first-order valence-electron chi connectivity index (χ1n) is 4.28. The first-order chi connectivity index (χ1) is 4.59. The van der Waals surface area contributed by atoms with E-state index >= 15 is 0 Å². The Hall–Kier alpha value is -0.260. The molecule has 0 spiro atoms. The van der Waals surface area contributed by atoms with Gasteiger partial charge in [-0.2, -0.15) is 0 Å². The van der Waals surface area contributed by atoms with E-state index in [1.54, 1.807) is 0 Å². The Kier molecular flexibility index (Phi) is 4.42. The molecule has 0 saturated carbocycles. The summed E-state index contributed by atoms with van der Waals surface area (Å²) in [7, 11) is 0. The van der Waals surface area contributed by atoms with E-state index in [9.17, 15) is 0 Å². The fourth-order valence-electron chi connectivity index (χ4n) is 1.19. The van der Waals surface area contributed by atoms with Gasteiger partial charge in [-0.1, -0.05) is 46.3 Å². The van der Waals surface area contributed by atoms with E-state index < -0.39 is 0 Å². The summed E-state index contributed by atoms with van der Waals surface area (Å²) in [6.07, 6.45) is 2.56. The summed E-state index contributed by atoms with van der Waals surface area (Å²) in [4.78, 5) is 0. The average Bonchev–Trinajstić information content (AvgIpc) is 1.87. The molecular weight excluding hydrogens is 120 g/mol. The van der Waals surface area contributed by atoms with Crippen molar-refractivity contribution in [3.05, 3.63) is 12.2 Å². The van der Waals surface area contributed by atoms with Crippen LogP contribution in [0.5, 0.6) is 0 Å². The highest BCUT2D eigenvalue weighted by molar-refractivity contribution is 5.01. The van der Waals surface area contributed by atoms with Crippen molar-refractivity contribution in [1.29, 1.82) is 0 Å². The van der Waals surface area contributed by atoms with Gasteiger partial charge in [0.05, 0.1) is 0 Å². The minimum absolute atomic E-state index is 0.654. The van der Waals surface area contributed by atoms with Gasteiger partial charge in [0.1, 0.15) is 0 Å². The molecule has 0 bridgehead atoms. The molecular formula is C10H20. The Bertz CT molecular complexity index is 101. The molecule has 0 radical (unpaired) electrons. The molecule has 0 aromatic carbocycles. The minimum atomic E-state index is 0.654. The molecule has 1 atom stereocenters. The molecule has 0 aromatic rings. The summed E-state index contributed by atoms with van der Waals surface area (Å²) in [5, 5.41) is 0. The van der Waals surface area contributed by atoms with Gasteiger partial charge in [0.2, 0.25) is 0 Å². The van der Waals surface area contributed by atoms with Crippen molar-refractivity contribution in [1.82, 2.24) is 0 Å². The third kappa shape index (κ3) is 3.05. The van der Waals surface area contributed by atoms with E-state index in [1.807, 2.05) is 0 Å². The molecule has 0 heteroatoms. The van der Waals surface area contributed by atoms with Crippen molar-refractivity contribution in [3.8, 4) is 0 Å². The van der Waals surface area contributed by atoms with Gasteiger partial charge < -0.3 is 0 Å². The van der Waals surface area contributed by atoms with Crippen LogP contribution in [-0.2, 0) is 0 Å². The van der Waals surface area contributed by atoms with Crippen LogP contribution in [0.1, 0.15) is 40.5 Å². The number of hydrogen-bond donors (Lipinski definition) is 0. The van der Waals surface area contributed by atoms with Crippen LogP contribution in [0.25, 0.3) is 0 Å². The second-order valence-electron chi connectivity index (χ2n) is 3.42. The average molecular weight is 140 g/mol. The predicted octanol–water partition coefficient (Wildman–Crippen LogP) is 3.63. The zero-order valence-electron chi connectivity index (χ0n) is 7.78. The van der Waals surface area contributed by atoms with Gasteiger partial charge in [-0.25, -0.2) is 0 Å². The van der Waals surface area contributed by atoms with Gasteiger partial charge in [0.25, 0.3) is 0 Å². The molecule has 0 N–H and O–H groups in total. The Labute approximate surface area is 65.3 Å². The maximum atomic E-state index is 4.07. The predicted molar refractivity (Wildman–Crippen MR) is 48.1 cm³/mol. The Morgan fingerprint density at radius 3 is 2.10 bits per heavy atom. The minimum Gasteiger partial charge on any atom is -0.0993 e. The van der Waals surface area contributed by atoms with Crippen molar-refractivity contribution in [3.63, 3.8) is 0 Å². The molecule has 0 rings (SSSR count). The zero-order valence-corrected chi connectivity index (χ0v) is 7.78. The fourth-order valence-corrected chi connectivity index (χ4v) is 1.19. The van der Waals surface area contributed by atoms with Crippen molar-refractivity contribution in [2.75, 3.05) is 0 Å². The fraction of sp³-hybridized carbons (Fsp3) is 0.800. The number of hydrogen-bond acceptors (Lipinski definition) is 0. The first kappa shape index (κ1) is 9.74. The third-order valence-corrected chi connectivity index (χ3v) is 2.10. The zero-order chi connectivity index (χ0) is 8.15. The van der Waals surface area contributed by atoms with E-state index in [1.165, 1.54) is 18.4 Å². The van der Waals surface area contributed by atoms with Crippen LogP contribution in [0.3, 0.4) is 0 Å². The molecule has 0 aromatic heterocycles. The van der Waals surface area contributed by atoms with E-state index in [0.29, 0.717) is 11.8 Å². The van der Waals surface area contributed by atoms with E-state index in [-0.39, 0.29) is 0 Å². The van der Waals surface area contributed by atoms with Crippen molar-refractivity contribution >= 4 is 0 Å². The van der Waals surface area contributed by atoms with Gasteiger partial charge >= 0.3 is 0 Å². The number of rotatable bonds is 4. The molecule has 1 unspecified atom stereocenters. The molecule has 0 heterocycles. The van der Waals surface area contributed by atoms with E-state index in [2.05, 4.69) is 34.3 Å². The van der Waals surface area contributed by atoms with Crippen LogP contribution in [0.2, 0.25) is 0 Å². The quantitative estimate of drug-likeness (QED) is 0.523. The smallest absolute Gasteiger partial charge is 0.0232 e. The Balaban J connectivity index is 3.71. The number of allylic oxidation sites excluding steroid dienone is 1. The van der Waals surface area contributed by atoms with Gasteiger partial charge in [-0.3, -0.25) is 0 Å². The lowest BCUT2D eigenvalue weighted by Gasteiger charge is -2.16. The maximum Gasteiger partial charge on any atom is -0.0232 e. The Morgan fingerprint density at radius 1 is 1.30 bits per heavy atom. The van der Waals surface area contributed by atoms with Crippen molar-refractivity contribution < 1.29 is 0 Å². The highest BCUT2D eigenvalue weighted by Crippen LogP contribution is 2.21. The topological polar surface area (TPSA) is 0 Å². The maximum absolute atomic E-state index is 4.07. The molecule has 0 amide bonds. The molecule has 60 valence electrons. The molecule has 0 fully saturated rings. The molecule has 0 aliphatic heterocycles. The normalized spacial score (nSPS) is 13.7. The monoisotopic (exact) mass is 140 g/mol. The summed E-state index contributed by atoms with van der Waals surface area (Å²) < 4.78 is 0. The molecule has 0 saturated heterocycles. The second-order valence-corrected chi connectivity index (χ2v) is 3.42. The SMILES string of the molecule is C=C(C(C)C)C(C)CCC. The molecule has 10 heavy (non-hydrogen) atoms. The van der Waals surface area contributed by atoms with E-state index in [4.69, 9.17) is 0 Å². The van der Waals surface area contributed by atoms with Gasteiger partial charge in [0.15, 0.2) is 0 Å². The lowest BCUT2D eigenvalue weighted by Crippen LogP contribution is -2.03. The lowest BCUT2D eigenvalue weighted by molar-refractivity contribution is 0.540. The highest BCUT2D eigenvalue weighted by Gasteiger charge is 2.07. The lowest BCUT2D eigenvalue weighted by atomic mass is 9.90. The van der Waals surface area contributed by atoms with Crippen molar-refractivity contribution in [2.24, 2.45) is 11.8 Å². The van der Waals surface area contributed by atoms with Gasteiger partial charge in [-0.15, -0.1) is 0 Å². The van der Waals surface area contributed by atoms with Crippen LogP contribution in [-0.4, -0.2) is 0 Å². The second kappa shape index (κ2) is 4.54. The summed E-state index contributed by atoms with van der Waals surface area (Å²) in [6, 6.07) is 0. The summed E-state index contributed by atoms with van der Waals surface area (Å²) >= 11 is 0. The standard InChI is InChI=1S/C10H20/c1-6-7-9(4)10(5)8(2)3/h8-9H,5-7H2,1-4H3. The molecule has 0 aliphatic rings. The first-order valence-corrected chi connectivity index (χ1v) is 4.28. The van der Waals surface area contributed by atoms with Gasteiger partial charge in [0, 0.05) is 0 Å². The van der Waals surface area contributed by atoms with Crippen LogP contribution >= 0.6 is 0 Å². The summed E-state index contributed by atoms with van der Waals surface area (Å²) in [6.45, 7) is 13.0.